The van der Waals surface area contributed by atoms with Gasteiger partial charge in [-0.2, -0.15) is 5.10 Å². The monoisotopic (exact) mass is 391 g/mol. The molecule has 1 saturated carbocycles. The van der Waals surface area contributed by atoms with E-state index in [9.17, 15) is 9.90 Å². The first kappa shape index (κ1) is 17.2. The number of aromatic nitrogens is 4. The summed E-state index contributed by atoms with van der Waals surface area (Å²) in [5.41, 5.74) is 3.77. The van der Waals surface area contributed by atoms with Gasteiger partial charge in [-0.05, 0) is 55.7 Å². The van der Waals surface area contributed by atoms with Crippen LogP contribution in [0.4, 0.5) is 0 Å². The van der Waals surface area contributed by atoms with E-state index in [1.165, 1.54) is 5.69 Å². The molecule has 2 aromatic heterocycles. The number of imidazole rings is 1. The second kappa shape index (κ2) is 6.42. The summed E-state index contributed by atoms with van der Waals surface area (Å²) < 4.78 is 4.10. The van der Waals surface area contributed by atoms with E-state index in [0.717, 1.165) is 56.4 Å². The maximum Gasteiger partial charge on any atom is 0.274 e. The van der Waals surface area contributed by atoms with Gasteiger partial charge in [0.25, 0.3) is 5.91 Å². The van der Waals surface area contributed by atoms with Crippen molar-refractivity contribution < 1.29 is 9.90 Å². The van der Waals surface area contributed by atoms with Crippen molar-refractivity contribution in [3.63, 3.8) is 0 Å². The predicted molar refractivity (Wildman–Crippen MR) is 107 cm³/mol. The quantitative estimate of drug-likeness (QED) is 0.727. The SMILES string of the molecule is O=C(c1cc2n(n1)CCC2)N1C[C@H]2C[C@@H](n3cnc4ccccc43)[C@H](O)C[C@H]2C1. The summed E-state index contributed by atoms with van der Waals surface area (Å²) in [5, 5.41) is 15.4. The lowest BCUT2D eigenvalue weighted by molar-refractivity contribution is 0.0374. The lowest BCUT2D eigenvalue weighted by atomic mass is 9.77. The number of hydrogen-bond donors (Lipinski definition) is 1. The first-order valence-corrected chi connectivity index (χ1v) is 10.6. The molecule has 6 rings (SSSR count). The van der Waals surface area contributed by atoms with Crippen molar-refractivity contribution in [3.8, 4) is 0 Å². The Morgan fingerprint density at radius 2 is 1.97 bits per heavy atom. The molecule has 2 fully saturated rings. The molecular weight excluding hydrogens is 366 g/mol. The zero-order valence-electron chi connectivity index (χ0n) is 16.3. The van der Waals surface area contributed by atoms with E-state index in [2.05, 4.69) is 20.7 Å². The summed E-state index contributed by atoms with van der Waals surface area (Å²) in [6.45, 7) is 2.39. The molecule has 0 unspecified atom stereocenters. The molecule has 4 atom stereocenters. The maximum absolute atomic E-state index is 13.0. The Bertz CT molecular complexity index is 1060. The summed E-state index contributed by atoms with van der Waals surface area (Å²) in [6.07, 6.45) is 5.16. The molecular formula is C22H25N5O2. The number of nitrogens with zero attached hydrogens (tertiary/aromatic N) is 5. The molecule has 3 aliphatic rings. The number of para-hydroxylation sites is 2. The van der Waals surface area contributed by atoms with E-state index in [0.29, 0.717) is 17.5 Å². The van der Waals surface area contributed by atoms with Gasteiger partial charge in [-0.15, -0.1) is 0 Å². The van der Waals surface area contributed by atoms with E-state index in [1.54, 1.807) is 0 Å². The molecule has 7 nitrogen and oxygen atoms in total. The van der Waals surface area contributed by atoms with Gasteiger partial charge in [-0.3, -0.25) is 9.48 Å². The van der Waals surface area contributed by atoms with Crippen LogP contribution in [-0.2, 0) is 13.0 Å². The van der Waals surface area contributed by atoms with Crippen LogP contribution >= 0.6 is 0 Å². The summed E-state index contributed by atoms with van der Waals surface area (Å²) in [6, 6.07) is 10.0. The number of likely N-dealkylation sites (tertiary alicyclic amines) is 1. The van der Waals surface area contributed by atoms with E-state index in [4.69, 9.17) is 0 Å². The number of hydrogen-bond acceptors (Lipinski definition) is 4. The maximum atomic E-state index is 13.0. The van der Waals surface area contributed by atoms with Crippen LogP contribution in [0.25, 0.3) is 11.0 Å². The summed E-state index contributed by atoms with van der Waals surface area (Å²) >= 11 is 0. The molecule has 29 heavy (non-hydrogen) atoms. The highest BCUT2D eigenvalue weighted by atomic mass is 16.3. The fourth-order valence-electron chi connectivity index (χ4n) is 5.64. The van der Waals surface area contributed by atoms with Crippen molar-refractivity contribution >= 4 is 16.9 Å². The highest BCUT2D eigenvalue weighted by molar-refractivity contribution is 5.92. The van der Waals surface area contributed by atoms with Crippen LogP contribution in [-0.4, -0.2) is 54.4 Å². The Balaban J connectivity index is 1.22. The molecule has 1 amide bonds. The Morgan fingerprint density at radius 3 is 2.83 bits per heavy atom. The van der Waals surface area contributed by atoms with Crippen LogP contribution in [0.2, 0.25) is 0 Å². The topological polar surface area (TPSA) is 76.2 Å². The largest absolute Gasteiger partial charge is 0.391 e. The Hall–Kier alpha value is -2.67. The Kier molecular flexibility index (Phi) is 3.81. The summed E-state index contributed by atoms with van der Waals surface area (Å²) in [5.74, 6) is 0.804. The van der Waals surface area contributed by atoms with E-state index in [1.807, 2.05) is 40.2 Å². The van der Waals surface area contributed by atoms with E-state index >= 15 is 0 Å². The molecule has 2 aliphatic heterocycles. The lowest BCUT2D eigenvalue weighted by Gasteiger charge is -2.36. The first-order valence-electron chi connectivity index (χ1n) is 10.6. The predicted octanol–water partition coefficient (Wildman–Crippen LogP) is 2.26. The minimum atomic E-state index is -0.416. The van der Waals surface area contributed by atoms with Crippen LogP contribution in [0, 0.1) is 11.8 Å². The van der Waals surface area contributed by atoms with Crippen LogP contribution in [0.3, 0.4) is 0 Å². The standard InChI is InChI=1S/C22H25N5O2/c28-21-9-15-12-25(22(29)18-10-16-4-3-7-27(16)24-18)11-14(15)8-20(21)26-13-23-17-5-1-2-6-19(17)26/h1-2,5-6,10,13-15,20-21,28H,3-4,7-9,11-12H2/t14-,15+,20-,21-/m1/s1. The normalized spacial score (nSPS) is 28.7. The molecule has 1 N–H and O–H groups in total. The molecule has 1 aliphatic carbocycles. The van der Waals surface area contributed by atoms with E-state index < -0.39 is 6.10 Å². The fourth-order valence-corrected chi connectivity index (χ4v) is 5.64. The van der Waals surface area contributed by atoms with Gasteiger partial charge in [0.2, 0.25) is 0 Å². The smallest absolute Gasteiger partial charge is 0.274 e. The molecule has 0 bridgehead atoms. The number of rotatable bonds is 2. The number of aliphatic hydroxyl groups excluding tert-OH is 1. The average Bonchev–Trinajstić information content (AvgIpc) is 3.48. The number of carbonyl (C=O) groups is 1. The number of aryl methyl sites for hydroxylation is 2. The molecule has 3 aromatic rings. The van der Waals surface area contributed by atoms with Crippen LogP contribution in [0.5, 0.6) is 0 Å². The van der Waals surface area contributed by atoms with Gasteiger partial charge in [-0.25, -0.2) is 4.98 Å². The number of carbonyl (C=O) groups excluding carboxylic acids is 1. The molecule has 0 spiro atoms. The number of amides is 1. The van der Waals surface area contributed by atoms with Crippen molar-refractivity contribution in [2.24, 2.45) is 11.8 Å². The van der Waals surface area contributed by atoms with Crippen LogP contribution < -0.4 is 0 Å². The Morgan fingerprint density at radius 1 is 1.14 bits per heavy atom. The minimum Gasteiger partial charge on any atom is -0.391 e. The second-order valence-electron chi connectivity index (χ2n) is 8.82. The lowest BCUT2D eigenvalue weighted by Crippen LogP contribution is -2.36. The second-order valence-corrected chi connectivity index (χ2v) is 8.82. The van der Waals surface area contributed by atoms with Gasteiger partial charge in [0.15, 0.2) is 5.69 Å². The van der Waals surface area contributed by atoms with Crippen molar-refractivity contribution in [2.75, 3.05) is 13.1 Å². The Labute approximate surface area is 168 Å². The minimum absolute atomic E-state index is 0.00936. The van der Waals surface area contributed by atoms with Gasteiger partial charge in [0.05, 0.1) is 29.5 Å². The fraction of sp³-hybridized carbons (Fsp3) is 0.500. The average molecular weight is 391 g/mol. The third-order valence-corrected chi connectivity index (χ3v) is 7.12. The molecule has 150 valence electrons. The third-order valence-electron chi connectivity index (χ3n) is 7.12. The molecule has 1 aromatic carbocycles. The number of aliphatic hydroxyl groups is 1. The third kappa shape index (κ3) is 2.71. The van der Waals surface area contributed by atoms with Gasteiger partial charge in [0, 0.05) is 25.3 Å². The van der Waals surface area contributed by atoms with Crippen LogP contribution in [0.15, 0.2) is 36.7 Å². The molecule has 1 saturated heterocycles. The number of fused-ring (bicyclic) bond motifs is 3. The highest BCUT2D eigenvalue weighted by Crippen LogP contribution is 2.42. The molecule has 7 heteroatoms. The van der Waals surface area contributed by atoms with Crippen LogP contribution in [0.1, 0.15) is 41.5 Å². The van der Waals surface area contributed by atoms with Crippen molar-refractivity contribution in [3.05, 3.63) is 48.0 Å². The summed E-state index contributed by atoms with van der Waals surface area (Å²) in [4.78, 5) is 19.5. The zero-order valence-corrected chi connectivity index (χ0v) is 16.3. The van der Waals surface area contributed by atoms with E-state index in [-0.39, 0.29) is 11.9 Å². The highest BCUT2D eigenvalue weighted by Gasteiger charge is 2.44. The molecule has 4 heterocycles. The van der Waals surface area contributed by atoms with Crippen molar-refractivity contribution in [2.45, 2.75) is 44.4 Å². The van der Waals surface area contributed by atoms with Crippen molar-refractivity contribution in [1.29, 1.82) is 0 Å². The zero-order chi connectivity index (χ0) is 19.5. The van der Waals surface area contributed by atoms with Gasteiger partial charge in [-0.1, -0.05) is 12.1 Å². The summed E-state index contributed by atoms with van der Waals surface area (Å²) in [7, 11) is 0. The van der Waals surface area contributed by atoms with Gasteiger partial charge >= 0.3 is 0 Å². The number of benzene rings is 1. The van der Waals surface area contributed by atoms with Gasteiger partial charge < -0.3 is 14.6 Å². The van der Waals surface area contributed by atoms with Gasteiger partial charge in [0.1, 0.15) is 0 Å². The van der Waals surface area contributed by atoms with Crippen molar-refractivity contribution in [1.82, 2.24) is 24.2 Å². The first-order chi connectivity index (χ1) is 14.2. The molecule has 0 radical (unpaired) electrons.